The molecule has 42 heavy (non-hydrogen) atoms. The number of carbonyl (C=O) groups excluding carboxylic acids is 3. The number of hydrogen-bond acceptors (Lipinski definition) is 7. The van der Waals surface area contributed by atoms with E-state index in [0.29, 0.717) is 29.1 Å². The van der Waals surface area contributed by atoms with Crippen LogP contribution in [0.2, 0.25) is 5.02 Å². The zero-order valence-electron chi connectivity index (χ0n) is 24.4. The van der Waals surface area contributed by atoms with E-state index in [1.54, 1.807) is 24.4 Å². The van der Waals surface area contributed by atoms with Crippen LogP contribution in [0, 0.1) is 17.3 Å². The van der Waals surface area contributed by atoms with Crippen molar-refractivity contribution >= 4 is 49.8 Å². The molecule has 2 saturated carbocycles. The molecule has 1 aliphatic heterocycles. The first-order chi connectivity index (χ1) is 19.7. The Labute approximate surface area is 251 Å². The Morgan fingerprint density at radius 1 is 1.26 bits per heavy atom. The van der Waals surface area contributed by atoms with Crippen molar-refractivity contribution in [2.24, 2.45) is 17.3 Å². The molecular weight excluding hydrogens is 578 g/mol. The fraction of sp³-hybridized carbons (Fsp3) is 0.548. The molecule has 2 aromatic rings. The summed E-state index contributed by atoms with van der Waals surface area (Å²) in [5, 5.41) is 4.52. The number of hydrogen-bond donors (Lipinski definition) is 1. The number of carbonyl (C=O) groups is 3. The second-order valence-corrected chi connectivity index (χ2v) is 15.7. The number of rotatable bonds is 10. The Balaban J connectivity index is 1.40. The van der Waals surface area contributed by atoms with Crippen LogP contribution in [0.5, 0.6) is 5.88 Å². The first-order valence-corrected chi connectivity index (χ1v) is 16.5. The van der Waals surface area contributed by atoms with Gasteiger partial charge in [-0.15, -0.1) is 6.58 Å². The van der Waals surface area contributed by atoms with Gasteiger partial charge in [0.1, 0.15) is 23.4 Å². The van der Waals surface area contributed by atoms with Crippen LogP contribution in [0.3, 0.4) is 0 Å². The minimum absolute atomic E-state index is 0.151. The quantitative estimate of drug-likeness (QED) is 0.399. The van der Waals surface area contributed by atoms with E-state index < -0.39 is 56.1 Å². The van der Waals surface area contributed by atoms with Crippen LogP contribution < -0.4 is 10.1 Å². The highest BCUT2D eigenvalue weighted by Crippen LogP contribution is 2.46. The van der Waals surface area contributed by atoms with Crippen LogP contribution in [-0.2, 0) is 24.2 Å². The summed E-state index contributed by atoms with van der Waals surface area (Å²) < 4.78 is 31.5. The Morgan fingerprint density at radius 3 is 2.60 bits per heavy atom. The molecular formula is C31H38ClN3O6S. The van der Waals surface area contributed by atoms with Gasteiger partial charge in [0.05, 0.1) is 11.8 Å². The highest BCUT2D eigenvalue weighted by molar-refractivity contribution is 7.93. The number of benzene rings is 1. The van der Waals surface area contributed by atoms with Crippen molar-refractivity contribution in [1.82, 2.24) is 15.2 Å². The van der Waals surface area contributed by atoms with Gasteiger partial charge < -0.3 is 15.0 Å². The summed E-state index contributed by atoms with van der Waals surface area (Å²) in [5.41, 5.74) is -1.69. The zero-order valence-corrected chi connectivity index (χ0v) is 26.0. The second kappa shape index (κ2) is 10.9. The average Bonchev–Trinajstić information content (AvgIpc) is 3.84. The van der Waals surface area contributed by atoms with E-state index in [9.17, 15) is 22.8 Å². The Bertz CT molecular complexity index is 1550. The number of ether oxygens (including phenoxy) is 1. The summed E-state index contributed by atoms with van der Waals surface area (Å²) in [6.07, 6.45) is 4.23. The molecule has 226 valence electrons. The van der Waals surface area contributed by atoms with Crippen LogP contribution in [0.1, 0.15) is 53.4 Å². The lowest BCUT2D eigenvalue weighted by molar-refractivity contribution is -0.144. The van der Waals surface area contributed by atoms with Gasteiger partial charge in [-0.25, -0.2) is 13.4 Å². The molecule has 0 radical (unpaired) electrons. The van der Waals surface area contributed by atoms with Gasteiger partial charge in [-0.3, -0.25) is 14.4 Å². The molecule has 1 aromatic heterocycles. The van der Waals surface area contributed by atoms with Gasteiger partial charge in [0.25, 0.3) is 0 Å². The molecule has 1 aromatic carbocycles. The number of fused-ring (bicyclic) bond motifs is 1. The first kappa shape index (κ1) is 30.5. The van der Waals surface area contributed by atoms with Crippen LogP contribution >= 0.6 is 11.6 Å². The molecule has 5 rings (SSSR count). The molecule has 2 aliphatic carbocycles. The number of Topliss-reactive ketones (excluding diaryl/α,β-unsaturated/α-hetero) is 1. The predicted molar refractivity (Wildman–Crippen MR) is 161 cm³/mol. The van der Waals surface area contributed by atoms with Crippen molar-refractivity contribution in [2.75, 3.05) is 12.3 Å². The number of nitrogens with zero attached hydrogens (tertiary/aromatic N) is 2. The summed E-state index contributed by atoms with van der Waals surface area (Å²) in [5.74, 6) is -2.28. The Hall–Kier alpha value is -2.98. The molecule has 0 unspecified atom stereocenters. The third-order valence-electron chi connectivity index (χ3n) is 9.00. The van der Waals surface area contributed by atoms with Crippen molar-refractivity contribution in [1.29, 1.82) is 0 Å². The van der Waals surface area contributed by atoms with Crippen molar-refractivity contribution in [3.63, 3.8) is 0 Å². The van der Waals surface area contributed by atoms with Crippen LogP contribution in [-0.4, -0.2) is 71.1 Å². The average molecular weight is 616 g/mol. The van der Waals surface area contributed by atoms with Crippen LogP contribution in [0.15, 0.2) is 43.1 Å². The van der Waals surface area contributed by atoms with Gasteiger partial charge in [0.2, 0.25) is 17.7 Å². The Morgan fingerprint density at radius 2 is 1.98 bits per heavy atom. The van der Waals surface area contributed by atoms with Crippen molar-refractivity contribution in [3.05, 3.63) is 48.1 Å². The summed E-state index contributed by atoms with van der Waals surface area (Å²) in [7, 11) is -3.57. The number of pyridine rings is 1. The van der Waals surface area contributed by atoms with Crippen molar-refractivity contribution in [3.8, 4) is 5.88 Å². The molecule has 5 atom stereocenters. The lowest BCUT2D eigenvalue weighted by Crippen LogP contribution is -2.55. The molecule has 0 bridgehead atoms. The van der Waals surface area contributed by atoms with E-state index in [2.05, 4.69) is 16.9 Å². The SMILES string of the molecule is C=C[C@@H]1C[C@]1(NC(=O)[C@@H]1C[C@@H](Oc2nccc3ccc(Cl)cc23)CN1C(=O)[C@@H](C)C(C)(C)C)C(=O)CS(=O)(=O)C1CC1. The van der Waals surface area contributed by atoms with Gasteiger partial charge in [0.15, 0.2) is 15.6 Å². The van der Waals surface area contributed by atoms with Crippen molar-refractivity contribution in [2.45, 2.75) is 76.3 Å². The summed E-state index contributed by atoms with van der Waals surface area (Å²) in [6.45, 7) is 11.7. The molecule has 1 saturated heterocycles. The normalized spacial score (nSPS) is 26.5. The highest BCUT2D eigenvalue weighted by atomic mass is 35.5. The molecule has 0 spiro atoms. The van der Waals surface area contributed by atoms with Gasteiger partial charge >= 0.3 is 0 Å². The standard InChI is InChI=1S/C31H38ClN3O6S/c1-6-20-15-31(20,26(36)17-42(39,40)23-9-10-23)34-27(37)25-14-22(16-35(25)29(38)18(2)30(3,4)5)41-28-24-13-21(32)8-7-19(24)11-12-33-28/h6-8,11-13,18,20,22-23,25H,1,9-10,14-17H2,2-5H3,(H,34,37)/t18-,20-,22-,25+,31-/m1/s1. The maximum atomic E-state index is 13.9. The third-order valence-corrected chi connectivity index (χ3v) is 11.4. The monoisotopic (exact) mass is 615 g/mol. The molecule has 2 heterocycles. The summed E-state index contributed by atoms with van der Waals surface area (Å²) >= 11 is 6.23. The van der Waals surface area contributed by atoms with Gasteiger partial charge in [-0.05, 0) is 48.3 Å². The summed E-state index contributed by atoms with van der Waals surface area (Å²) in [6, 6.07) is 6.33. The van der Waals surface area contributed by atoms with E-state index in [0.717, 1.165) is 5.39 Å². The zero-order chi connectivity index (χ0) is 30.6. The number of amides is 2. The lowest BCUT2D eigenvalue weighted by atomic mass is 9.81. The number of nitrogens with one attached hydrogen (secondary N) is 1. The number of halogens is 1. The van der Waals surface area contributed by atoms with Crippen LogP contribution in [0.4, 0.5) is 0 Å². The van der Waals surface area contributed by atoms with E-state index in [1.807, 2.05) is 39.8 Å². The molecule has 1 N–H and O–H groups in total. The van der Waals surface area contributed by atoms with Gasteiger partial charge in [-0.1, -0.05) is 51.4 Å². The van der Waals surface area contributed by atoms with E-state index in [-0.39, 0.29) is 36.6 Å². The minimum atomic E-state index is -3.57. The number of ketones is 1. The van der Waals surface area contributed by atoms with Gasteiger partial charge in [0, 0.05) is 34.9 Å². The number of aromatic nitrogens is 1. The van der Waals surface area contributed by atoms with Crippen LogP contribution in [0.25, 0.3) is 10.8 Å². The maximum absolute atomic E-state index is 13.9. The molecule has 2 amide bonds. The first-order valence-electron chi connectivity index (χ1n) is 14.4. The lowest BCUT2D eigenvalue weighted by Gasteiger charge is -2.33. The fourth-order valence-electron chi connectivity index (χ4n) is 5.63. The minimum Gasteiger partial charge on any atom is -0.472 e. The molecule has 9 nitrogen and oxygen atoms in total. The molecule has 3 aliphatic rings. The molecule has 11 heteroatoms. The fourth-order valence-corrected chi connectivity index (χ4v) is 7.51. The largest absolute Gasteiger partial charge is 0.472 e. The van der Waals surface area contributed by atoms with Crippen molar-refractivity contribution < 1.29 is 27.5 Å². The number of likely N-dealkylation sites (tertiary alicyclic amines) is 1. The highest BCUT2D eigenvalue weighted by Gasteiger charge is 2.61. The second-order valence-electron chi connectivity index (χ2n) is 13.0. The Kier molecular flexibility index (Phi) is 7.94. The third kappa shape index (κ3) is 5.93. The number of sulfone groups is 1. The maximum Gasteiger partial charge on any atom is 0.243 e. The van der Waals surface area contributed by atoms with Gasteiger partial charge in [-0.2, -0.15) is 0 Å². The smallest absolute Gasteiger partial charge is 0.243 e. The topological polar surface area (TPSA) is 123 Å². The van der Waals surface area contributed by atoms with E-state index >= 15 is 0 Å². The molecule has 3 fully saturated rings. The van der Waals surface area contributed by atoms with E-state index in [4.69, 9.17) is 16.3 Å². The van der Waals surface area contributed by atoms with E-state index in [1.165, 1.54) is 4.90 Å². The summed E-state index contributed by atoms with van der Waals surface area (Å²) in [4.78, 5) is 46.9. The predicted octanol–water partition coefficient (Wildman–Crippen LogP) is 4.13.